The molecule has 170 valence electrons. The van der Waals surface area contributed by atoms with Crippen molar-refractivity contribution in [3.05, 3.63) is 71.3 Å². The summed E-state index contributed by atoms with van der Waals surface area (Å²) >= 11 is 0. The molecule has 0 saturated heterocycles. The van der Waals surface area contributed by atoms with Gasteiger partial charge in [-0.15, -0.1) is 0 Å². The van der Waals surface area contributed by atoms with Crippen molar-refractivity contribution in [1.29, 1.82) is 0 Å². The molecular weight excluding hydrogens is 410 g/mol. The SMILES string of the molecule is C/C=C/C1CCC2CC(c3ccc(C(=O)Oc4ccc(OC)c(F)c4)cc3F)CCC2C1. The first kappa shape index (κ1) is 22.5. The zero-order valence-corrected chi connectivity index (χ0v) is 18.7. The van der Waals surface area contributed by atoms with Gasteiger partial charge in [-0.2, -0.15) is 0 Å². The van der Waals surface area contributed by atoms with Crippen LogP contribution in [0.3, 0.4) is 0 Å². The van der Waals surface area contributed by atoms with E-state index in [0.717, 1.165) is 31.2 Å². The first-order valence-electron chi connectivity index (χ1n) is 11.5. The largest absolute Gasteiger partial charge is 0.494 e. The number of benzene rings is 2. The van der Waals surface area contributed by atoms with Gasteiger partial charge in [-0.05, 0) is 98.9 Å². The summed E-state index contributed by atoms with van der Waals surface area (Å²) < 4.78 is 38.9. The van der Waals surface area contributed by atoms with Gasteiger partial charge in [0.2, 0.25) is 0 Å². The number of carbonyl (C=O) groups is 1. The number of esters is 1. The third-order valence-corrected chi connectivity index (χ3v) is 7.13. The van der Waals surface area contributed by atoms with Crippen molar-refractivity contribution < 1.29 is 23.0 Å². The topological polar surface area (TPSA) is 35.5 Å². The summed E-state index contributed by atoms with van der Waals surface area (Å²) in [5, 5.41) is 0. The van der Waals surface area contributed by atoms with Crippen LogP contribution in [0.25, 0.3) is 0 Å². The Kier molecular flexibility index (Phi) is 6.92. The van der Waals surface area contributed by atoms with Crippen LogP contribution >= 0.6 is 0 Å². The predicted molar refractivity (Wildman–Crippen MR) is 120 cm³/mol. The Morgan fingerprint density at radius 1 is 0.969 bits per heavy atom. The van der Waals surface area contributed by atoms with Gasteiger partial charge in [0.05, 0.1) is 12.7 Å². The molecule has 2 aromatic carbocycles. The van der Waals surface area contributed by atoms with Crippen LogP contribution in [0.5, 0.6) is 11.5 Å². The molecule has 32 heavy (non-hydrogen) atoms. The minimum absolute atomic E-state index is 0.0460. The van der Waals surface area contributed by atoms with Crippen molar-refractivity contribution in [2.75, 3.05) is 7.11 Å². The van der Waals surface area contributed by atoms with E-state index in [1.54, 1.807) is 12.1 Å². The van der Waals surface area contributed by atoms with Crippen LogP contribution in [0.15, 0.2) is 48.6 Å². The Morgan fingerprint density at radius 3 is 2.47 bits per heavy atom. The first-order valence-corrected chi connectivity index (χ1v) is 11.5. The van der Waals surface area contributed by atoms with E-state index in [9.17, 15) is 13.6 Å². The van der Waals surface area contributed by atoms with Gasteiger partial charge in [-0.1, -0.05) is 18.2 Å². The minimum atomic E-state index is -0.717. The number of hydrogen-bond donors (Lipinski definition) is 0. The van der Waals surface area contributed by atoms with Gasteiger partial charge in [-0.25, -0.2) is 13.6 Å². The zero-order valence-electron chi connectivity index (χ0n) is 18.7. The molecule has 0 radical (unpaired) electrons. The van der Waals surface area contributed by atoms with Crippen LogP contribution < -0.4 is 9.47 Å². The Bertz CT molecular complexity index is 1000. The first-order chi connectivity index (χ1) is 15.5. The number of allylic oxidation sites excluding steroid dienone is 2. The fourth-order valence-corrected chi connectivity index (χ4v) is 5.52. The van der Waals surface area contributed by atoms with Gasteiger partial charge in [0.1, 0.15) is 11.6 Å². The third kappa shape index (κ3) is 4.87. The van der Waals surface area contributed by atoms with E-state index in [0.29, 0.717) is 17.4 Å². The molecule has 0 spiro atoms. The van der Waals surface area contributed by atoms with Crippen molar-refractivity contribution in [3.63, 3.8) is 0 Å². The smallest absolute Gasteiger partial charge is 0.343 e. The molecule has 2 aromatic rings. The molecule has 0 amide bonds. The van der Waals surface area contributed by atoms with Gasteiger partial charge in [-0.3, -0.25) is 0 Å². The minimum Gasteiger partial charge on any atom is -0.494 e. The summed E-state index contributed by atoms with van der Waals surface area (Å²) in [6.45, 7) is 2.08. The van der Waals surface area contributed by atoms with Crippen molar-refractivity contribution >= 4 is 5.97 Å². The molecule has 4 atom stereocenters. The van der Waals surface area contributed by atoms with Crippen molar-refractivity contribution in [1.82, 2.24) is 0 Å². The molecule has 2 aliphatic rings. The summed E-state index contributed by atoms with van der Waals surface area (Å²) in [6, 6.07) is 8.46. The van der Waals surface area contributed by atoms with Crippen molar-refractivity contribution in [3.8, 4) is 11.5 Å². The summed E-state index contributed by atoms with van der Waals surface area (Å²) in [5.41, 5.74) is 0.800. The van der Waals surface area contributed by atoms with Crippen LogP contribution in [0, 0.1) is 29.4 Å². The van der Waals surface area contributed by atoms with Gasteiger partial charge in [0, 0.05) is 6.07 Å². The Labute approximate surface area is 188 Å². The third-order valence-electron chi connectivity index (χ3n) is 7.13. The number of carbonyl (C=O) groups excluding carboxylic acids is 1. The highest BCUT2D eigenvalue weighted by molar-refractivity contribution is 5.91. The second-order valence-electron chi connectivity index (χ2n) is 9.05. The van der Waals surface area contributed by atoms with E-state index >= 15 is 0 Å². The van der Waals surface area contributed by atoms with E-state index in [4.69, 9.17) is 9.47 Å². The molecule has 2 aliphatic carbocycles. The summed E-state index contributed by atoms with van der Waals surface area (Å²) in [4.78, 5) is 12.4. The molecule has 0 N–H and O–H groups in total. The summed E-state index contributed by atoms with van der Waals surface area (Å²) in [7, 11) is 1.36. The van der Waals surface area contributed by atoms with Crippen molar-refractivity contribution in [2.24, 2.45) is 17.8 Å². The number of ether oxygens (including phenoxy) is 2. The number of rotatable bonds is 5. The van der Waals surface area contributed by atoms with Gasteiger partial charge in [0.25, 0.3) is 0 Å². The lowest BCUT2D eigenvalue weighted by molar-refractivity contribution is 0.0733. The van der Waals surface area contributed by atoms with Gasteiger partial charge < -0.3 is 9.47 Å². The zero-order chi connectivity index (χ0) is 22.7. The molecule has 5 heteroatoms. The number of fused-ring (bicyclic) bond motifs is 1. The lowest BCUT2D eigenvalue weighted by Crippen LogP contribution is -2.30. The average molecular weight is 441 g/mol. The molecule has 0 aliphatic heterocycles. The fraction of sp³-hybridized carbons (Fsp3) is 0.444. The van der Waals surface area contributed by atoms with Crippen LogP contribution in [-0.4, -0.2) is 13.1 Å². The molecule has 3 nitrogen and oxygen atoms in total. The maximum Gasteiger partial charge on any atom is 0.343 e. The lowest BCUT2D eigenvalue weighted by atomic mass is 9.64. The van der Waals surface area contributed by atoms with E-state index in [1.807, 2.05) is 0 Å². The Balaban J connectivity index is 1.41. The van der Waals surface area contributed by atoms with E-state index in [1.165, 1.54) is 44.6 Å². The van der Waals surface area contributed by atoms with Crippen molar-refractivity contribution in [2.45, 2.75) is 51.4 Å². The highest BCUT2D eigenvalue weighted by Crippen LogP contribution is 2.48. The highest BCUT2D eigenvalue weighted by atomic mass is 19.1. The molecule has 0 heterocycles. The predicted octanol–water partition coefficient (Wildman–Crippen LogP) is 7.07. The molecule has 4 unspecified atom stereocenters. The monoisotopic (exact) mass is 440 g/mol. The maximum absolute atomic E-state index is 15.0. The van der Waals surface area contributed by atoms with E-state index in [-0.39, 0.29) is 28.8 Å². The lowest BCUT2D eigenvalue weighted by Gasteiger charge is -2.41. The van der Waals surface area contributed by atoms with E-state index < -0.39 is 11.8 Å². The summed E-state index contributed by atoms with van der Waals surface area (Å²) in [6.07, 6.45) is 11.3. The second-order valence-corrected chi connectivity index (χ2v) is 9.05. The molecular formula is C27H30F2O3. The van der Waals surface area contributed by atoms with Crippen LogP contribution in [-0.2, 0) is 0 Å². The highest BCUT2D eigenvalue weighted by Gasteiger charge is 2.36. The molecule has 0 bridgehead atoms. The Hall–Kier alpha value is -2.69. The molecule has 2 fully saturated rings. The van der Waals surface area contributed by atoms with Gasteiger partial charge >= 0.3 is 5.97 Å². The second kappa shape index (κ2) is 9.85. The number of halogens is 2. The molecule has 2 saturated carbocycles. The van der Waals surface area contributed by atoms with Crippen LogP contribution in [0.4, 0.5) is 8.78 Å². The van der Waals surface area contributed by atoms with Gasteiger partial charge in [0.15, 0.2) is 11.6 Å². The fourth-order valence-electron chi connectivity index (χ4n) is 5.52. The molecule has 0 aromatic heterocycles. The quantitative estimate of drug-likeness (QED) is 0.283. The maximum atomic E-state index is 15.0. The van der Waals surface area contributed by atoms with E-state index in [2.05, 4.69) is 19.1 Å². The standard InChI is InChI=1S/C27H30F2O3/c1-3-4-17-5-6-19-14-20(8-7-18(19)13-17)23-11-9-21(15-24(23)28)27(30)32-22-10-12-26(31-2)25(29)16-22/h3-4,9-12,15-20H,5-8,13-14H2,1-2H3/b4-3+. The average Bonchev–Trinajstić information content (AvgIpc) is 2.79. The molecule has 4 rings (SSSR count). The van der Waals surface area contributed by atoms with Crippen LogP contribution in [0.1, 0.15) is 67.3 Å². The number of hydrogen-bond acceptors (Lipinski definition) is 3. The summed E-state index contributed by atoms with van der Waals surface area (Å²) in [5.74, 6) is 0.670. The number of methoxy groups -OCH3 is 1. The normalized spacial score (nSPS) is 25.4. The van der Waals surface area contributed by atoms with Crippen LogP contribution in [0.2, 0.25) is 0 Å². The Morgan fingerprint density at radius 2 is 1.75 bits per heavy atom.